The molecule has 24 heavy (non-hydrogen) atoms. The molecule has 0 unspecified atom stereocenters. The zero-order chi connectivity index (χ0) is 16.9. The number of aromatic nitrogens is 2. The van der Waals surface area contributed by atoms with Crippen molar-refractivity contribution >= 4 is 11.6 Å². The second-order valence-corrected chi connectivity index (χ2v) is 5.80. The van der Waals surface area contributed by atoms with Gasteiger partial charge in [-0.2, -0.15) is 0 Å². The normalized spacial score (nSPS) is 14.8. The van der Waals surface area contributed by atoms with Gasteiger partial charge in [0.05, 0.1) is 0 Å². The monoisotopic (exact) mass is 324 g/mol. The third-order valence-electron chi connectivity index (χ3n) is 4.13. The highest BCUT2D eigenvalue weighted by atomic mass is 16.1. The van der Waals surface area contributed by atoms with Crippen molar-refractivity contribution in [2.45, 2.75) is 13.3 Å². The van der Waals surface area contributed by atoms with Crippen LogP contribution in [0.5, 0.6) is 0 Å². The maximum Gasteiger partial charge on any atom is 0.213 e. The van der Waals surface area contributed by atoms with Gasteiger partial charge in [-0.1, -0.05) is 12.0 Å². The molecule has 2 aromatic rings. The fourth-order valence-corrected chi connectivity index (χ4v) is 2.78. The second-order valence-electron chi connectivity index (χ2n) is 5.80. The van der Waals surface area contributed by atoms with E-state index in [1.54, 1.807) is 25.3 Å². The van der Waals surface area contributed by atoms with Crippen LogP contribution in [0.3, 0.4) is 0 Å². The highest BCUT2D eigenvalue weighted by Crippen LogP contribution is 2.17. The summed E-state index contributed by atoms with van der Waals surface area (Å²) in [4.78, 5) is 23.8. The summed E-state index contributed by atoms with van der Waals surface area (Å²) < 4.78 is 0. The molecule has 1 fully saturated rings. The number of hydrogen-bond acceptors (Lipinski definition) is 5. The Bertz CT molecular complexity index is 796. The largest absolute Gasteiger partial charge is 0.355 e. The van der Waals surface area contributed by atoms with Crippen LogP contribution in [0.2, 0.25) is 0 Å². The number of carbonyl (C=O) groups excluding carboxylic acids is 1. The average molecular weight is 324 g/mol. The van der Waals surface area contributed by atoms with Gasteiger partial charge in [0, 0.05) is 45.5 Å². The molecule has 1 aliphatic heterocycles. The molecule has 1 aliphatic rings. The van der Waals surface area contributed by atoms with Crippen molar-refractivity contribution < 1.29 is 7.65 Å². The number of hydrogen-bond donors (Lipinski definition) is 1. The first kappa shape index (κ1) is 16.2. The highest BCUT2D eigenvalue weighted by molar-refractivity contribution is 6.08. The summed E-state index contributed by atoms with van der Waals surface area (Å²) in [7, 11) is 0. The number of terminal acetylenes is 1. The molecule has 0 bridgehead atoms. The Morgan fingerprint density at radius 2 is 2.25 bits per heavy atom. The van der Waals surface area contributed by atoms with Crippen molar-refractivity contribution in [2.24, 2.45) is 0 Å². The van der Waals surface area contributed by atoms with E-state index < -0.39 is 0 Å². The van der Waals surface area contributed by atoms with Gasteiger partial charge in [-0.25, -0.2) is 4.98 Å². The first-order valence-electron chi connectivity index (χ1n) is 8.10. The number of carbonyl (C=O) groups is 1. The van der Waals surface area contributed by atoms with E-state index in [1.807, 2.05) is 12.1 Å². The zero-order valence-electron chi connectivity index (χ0n) is 13.7. The number of ketones is 1. The van der Waals surface area contributed by atoms with Crippen LogP contribution in [-0.2, 0) is 0 Å². The van der Waals surface area contributed by atoms with Crippen LogP contribution in [0.25, 0.3) is 0 Å². The molecule has 0 aromatic carbocycles. The number of pyridine rings is 2. The summed E-state index contributed by atoms with van der Waals surface area (Å²) in [6.45, 7) is 5.56. The maximum atomic E-state index is 12.8. The van der Waals surface area contributed by atoms with Gasteiger partial charge in [-0.3, -0.25) is 9.78 Å². The molecule has 0 spiro atoms. The molecule has 0 aliphatic carbocycles. The van der Waals surface area contributed by atoms with Gasteiger partial charge in [0.15, 0.2) is 0 Å². The molecular formula is C19H24N4O. The van der Waals surface area contributed by atoms with Crippen LogP contribution >= 0.6 is 0 Å². The fraction of sp³-hybridized carbons (Fsp3) is 0.316. The Morgan fingerprint density at radius 1 is 1.38 bits per heavy atom. The predicted octanol–water partition coefficient (Wildman–Crippen LogP) is 2.29. The Hall–Kier alpha value is -2.71. The maximum absolute atomic E-state index is 12.8. The van der Waals surface area contributed by atoms with Crippen LogP contribution in [0.1, 0.15) is 36.6 Å². The molecule has 3 heterocycles. The van der Waals surface area contributed by atoms with E-state index in [-0.39, 0.29) is 8.64 Å². The van der Waals surface area contributed by atoms with Crippen molar-refractivity contribution in [3.05, 3.63) is 53.0 Å². The number of aryl methyl sites for hydroxylation is 1. The van der Waals surface area contributed by atoms with Gasteiger partial charge >= 0.3 is 0 Å². The number of anilines is 1. The quantitative estimate of drug-likeness (QED) is 0.693. The van der Waals surface area contributed by atoms with E-state index in [0.29, 0.717) is 22.5 Å². The lowest BCUT2D eigenvalue weighted by Crippen LogP contribution is -2.29. The Labute approximate surface area is 145 Å². The molecule has 0 atom stereocenters. The smallest absolute Gasteiger partial charge is 0.213 e. The van der Waals surface area contributed by atoms with Crippen molar-refractivity contribution in [2.75, 3.05) is 31.1 Å². The Kier molecular flexibility index (Phi) is 4.88. The van der Waals surface area contributed by atoms with Crippen molar-refractivity contribution in [1.29, 1.82) is 0 Å². The summed E-state index contributed by atoms with van der Waals surface area (Å²) in [5.41, 5.74) is 2.18. The molecule has 1 saturated heterocycles. The molecule has 0 radical (unpaired) electrons. The summed E-state index contributed by atoms with van der Waals surface area (Å²) in [5, 5.41) is 3.37. The lowest BCUT2D eigenvalue weighted by Gasteiger charge is -2.21. The molecule has 2 aromatic heterocycles. The highest BCUT2D eigenvalue weighted by Gasteiger charge is 2.17. The SMILES string of the molecule is C#Cc1cnc(C)c(C(=O)c2cccc(N3CCCNCC3)n2)c1.[HH].[HH]. The second kappa shape index (κ2) is 7.24. The fourth-order valence-electron chi connectivity index (χ4n) is 2.78. The molecule has 1 N–H and O–H groups in total. The van der Waals surface area contributed by atoms with Gasteiger partial charge < -0.3 is 10.2 Å². The van der Waals surface area contributed by atoms with Crippen molar-refractivity contribution in [3.8, 4) is 12.3 Å². The molecule has 5 heteroatoms. The van der Waals surface area contributed by atoms with Gasteiger partial charge in [-0.15, -0.1) is 6.42 Å². The molecule has 126 valence electrons. The third kappa shape index (κ3) is 3.44. The summed E-state index contributed by atoms with van der Waals surface area (Å²) in [6.07, 6.45) is 8.07. The van der Waals surface area contributed by atoms with Gasteiger partial charge in [0.2, 0.25) is 5.78 Å². The van der Waals surface area contributed by atoms with Crippen LogP contribution in [-0.4, -0.2) is 41.9 Å². The van der Waals surface area contributed by atoms with E-state index in [2.05, 4.69) is 26.1 Å². The minimum atomic E-state index is -0.146. The van der Waals surface area contributed by atoms with Gasteiger partial charge in [0.25, 0.3) is 0 Å². The molecular weight excluding hydrogens is 300 g/mol. The minimum absolute atomic E-state index is 0. The first-order valence-corrected chi connectivity index (χ1v) is 8.10. The number of nitrogens with one attached hydrogen (secondary N) is 1. The lowest BCUT2D eigenvalue weighted by molar-refractivity contribution is 0.103. The third-order valence-corrected chi connectivity index (χ3v) is 4.13. The number of rotatable bonds is 3. The first-order chi connectivity index (χ1) is 11.7. The van der Waals surface area contributed by atoms with Crippen LogP contribution < -0.4 is 10.2 Å². The van der Waals surface area contributed by atoms with Gasteiger partial charge in [0.1, 0.15) is 11.5 Å². The molecule has 5 nitrogen and oxygen atoms in total. The zero-order valence-corrected chi connectivity index (χ0v) is 13.7. The summed E-state index contributed by atoms with van der Waals surface area (Å²) in [6, 6.07) is 7.27. The minimum Gasteiger partial charge on any atom is -0.355 e. The summed E-state index contributed by atoms with van der Waals surface area (Å²) >= 11 is 0. The predicted molar refractivity (Wildman–Crippen MR) is 98.5 cm³/mol. The Morgan fingerprint density at radius 3 is 3.08 bits per heavy atom. The molecule has 0 amide bonds. The Balaban J connectivity index is 0.00000169. The lowest BCUT2D eigenvalue weighted by atomic mass is 10.0. The van der Waals surface area contributed by atoms with Crippen molar-refractivity contribution in [3.63, 3.8) is 0 Å². The van der Waals surface area contributed by atoms with Crippen LogP contribution in [0, 0.1) is 19.3 Å². The molecule has 0 saturated carbocycles. The average Bonchev–Trinajstić information content (AvgIpc) is 2.91. The standard InChI is InChI=1S/C19H20N4O.2H2/c1-3-15-12-16(14(2)21-13-15)19(24)17-6-4-7-18(22-17)23-10-5-8-20-9-11-23;;/h1,4,6-7,12-13,20H,5,8-11H2,2H3;2*1H. The van der Waals surface area contributed by atoms with Crippen LogP contribution in [0.15, 0.2) is 30.5 Å². The summed E-state index contributed by atoms with van der Waals surface area (Å²) in [5.74, 6) is 3.21. The van der Waals surface area contributed by atoms with Crippen molar-refractivity contribution in [1.82, 2.24) is 15.3 Å². The van der Waals surface area contributed by atoms with E-state index in [0.717, 1.165) is 38.4 Å². The number of nitrogens with zero attached hydrogens (tertiary/aromatic N) is 3. The van der Waals surface area contributed by atoms with E-state index in [1.165, 1.54) is 0 Å². The van der Waals surface area contributed by atoms with E-state index >= 15 is 0 Å². The van der Waals surface area contributed by atoms with E-state index in [9.17, 15) is 4.79 Å². The molecule has 3 rings (SSSR count). The van der Waals surface area contributed by atoms with Gasteiger partial charge in [-0.05, 0) is 38.1 Å². The van der Waals surface area contributed by atoms with Crippen LogP contribution in [0.4, 0.5) is 5.82 Å². The van der Waals surface area contributed by atoms with E-state index in [4.69, 9.17) is 6.42 Å². The topological polar surface area (TPSA) is 58.1 Å².